The van der Waals surface area contributed by atoms with Crippen LogP contribution in [0.25, 0.3) is 0 Å². The monoisotopic (exact) mass is 387 g/mol. The predicted molar refractivity (Wildman–Crippen MR) is 94.1 cm³/mol. The molecule has 0 aliphatic rings. The van der Waals surface area contributed by atoms with E-state index >= 15 is 0 Å². The number of aliphatic carboxylic acids is 1. The van der Waals surface area contributed by atoms with Crippen LogP contribution in [0.15, 0.2) is 58.2 Å². The third-order valence-electron chi connectivity index (χ3n) is 2.71. The van der Waals surface area contributed by atoms with Gasteiger partial charge in [-0.25, -0.2) is 4.79 Å². The molecule has 2 rings (SSSR count). The molecule has 0 heterocycles. The number of rotatable bonds is 6. The Balaban J connectivity index is 1.87. The van der Waals surface area contributed by atoms with Crippen molar-refractivity contribution < 1.29 is 19.5 Å². The van der Waals surface area contributed by atoms with Gasteiger partial charge in [-0.1, -0.05) is 45.1 Å². The molecule has 0 bridgehead atoms. The van der Waals surface area contributed by atoms with Gasteiger partial charge in [0.25, 0.3) is 0 Å². The minimum Gasteiger partial charge on any atom is -0.481 e. The van der Waals surface area contributed by atoms with Crippen molar-refractivity contribution in [3.63, 3.8) is 0 Å². The Morgan fingerprint density at radius 3 is 2.79 bits per heavy atom. The minimum absolute atomic E-state index is 0.279. The van der Waals surface area contributed by atoms with Crippen LogP contribution in [-0.2, 0) is 9.63 Å². The number of carboxylic acids is 1. The molecule has 0 amide bonds. The van der Waals surface area contributed by atoms with Gasteiger partial charge in [-0.15, -0.1) is 0 Å². The highest BCUT2D eigenvalue weighted by Gasteiger charge is 1.95. The number of nitrogens with zero attached hydrogens (tertiary/aromatic N) is 1. The summed E-state index contributed by atoms with van der Waals surface area (Å²) in [6, 6.07) is 14.9. The van der Waals surface area contributed by atoms with E-state index in [0.717, 1.165) is 21.3 Å². The summed E-state index contributed by atoms with van der Waals surface area (Å²) in [6.07, 6.45) is 1.44. The molecule has 5 nitrogen and oxygen atoms in total. The Labute approximate surface area is 148 Å². The van der Waals surface area contributed by atoms with E-state index in [1.165, 1.54) is 6.21 Å². The molecule has 122 valence electrons. The first-order valence-electron chi connectivity index (χ1n) is 6.98. The third kappa shape index (κ3) is 6.55. The number of benzene rings is 2. The van der Waals surface area contributed by atoms with Gasteiger partial charge in [-0.05, 0) is 42.0 Å². The maximum Gasteiger partial charge on any atom is 0.344 e. The summed E-state index contributed by atoms with van der Waals surface area (Å²) in [5, 5.41) is 12.0. The van der Waals surface area contributed by atoms with Crippen LogP contribution in [0.3, 0.4) is 0 Å². The lowest BCUT2D eigenvalue weighted by molar-refractivity contribution is -0.142. The Morgan fingerprint density at radius 1 is 1.25 bits per heavy atom. The molecule has 24 heavy (non-hydrogen) atoms. The number of halogens is 1. The second-order valence-corrected chi connectivity index (χ2v) is 5.49. The molecule has 0 aliphatic heterocycles. The molecule has 1 N–H and O–H groups in total. The van der Waals surface area contributed by atoms with E-state index < -0.39 is 12.6 Å². The van der Waals surface area contributed by atoms with Crippen molar-refractivity contribution in [1.82, 2.24) is 0 Å². The Morgan fingerprint density at radius 2 is 2.04 bits per heavy atom. The molecule has 0 atom stereocenters. The number of ether oxygens (including phenoxy) is 1. The third-order valence-corrected chi connectivity index (χ3v) is 3.24. The Hall–Kier alpha value is -2.78. The summed E-state index contributed by atoms with van der Waals surface area (Å²) >= 11 is 3.36. The summed E-state index contributed by atoms with van der Waals surface area (Å²) in [5.74, 6) is 5.61. The van der Waals surface area contributed by atoms with Gasteiger partial charge < -0.3 is 14.7 Å². The molecule has 6 heteroatoms. The van der Waals surface area contributed by atoms with Crippen molar-refractivity contribution >= 4 is 28.1 Å². The van der Waals surface area contributed by atoms with Gasteiger partial charge in [0, 0.05) is 10.0 Å². The van der Waals surface area contributed by atoms with E-state index in [1.807, 2.05) is 48.5 Å². The summed E-state index contributed by atoms with van der Waals surface area (Å²) in [7, 11) is 0. The van der Waals surface area contributed by atoms with E-state index in [9.17, 15) is 4.79 Å². The summed E-state index contributed by atoms with van der Waals surface area (Å²) < 4.78 is 6.51. The van der Waals surface area contributed by atoms with Crippen LogP contribution in [0.2, 0.25) is 0 Å². The van der Waals surface area contributed by atoms with Gasteiger partial charge >= 0.3 is 5.97 Å². The van der Waals surface area contributed by atoms with Gasteiger partial charge in [-0.2, -0.15) is 0 Å². The molecule has 0 saturated carbocycles. The second kappa shape index (κ2) is 9.38. The second-order valence-electron chi connectivity index (χ2n) is 4.57. The molecule has 0 saturated heterocycles. The predicted octanol–water partition coefficient (Wildman–Crippen LogP) is 3.31. The topological polar surface area (TPSA) is 68.1 Å². The quantitative estimate of drug-likeness (QED) is 0.469. The van der Waals surface area contributed by atoms with Crippen molar-refractivity contribution in [1.29, 1.82) is 0 Å². The smallest absolute Gasteiger partial charge is 0.344 e. The maximum absolute atomic E-state index is 10.3. The SMILES string of the molecule is O=C(O)CO/N=C/c1cccc(C#CCOc2ccc(Br)cc2)c1. The standard InChI is InChI=1S/C18H14BrNO4/c19-16-6-8-17(9-7-16)23-10-2-5-14-3-1-4-15(11-14)12-20-24-13-18(21)22/h1,3-4,6-9,11-12H,10,13H2,(H,21,22)/b20-12+. The van der Waals surface area contributed by atoms with Gasteiger partial charge in [0.05, 0.1) is 6.21 Å². The highest BCUT2D eigenvalue weighted by molar-refractivity contribution is 9.10. The van der Waals surface area contributed by atoms with E-state index in [0.29, 0.717) is 0 Å². The first-order valence-corrected chi connectivity index (χ1v) is 7.77. The van der Waals surface area contributed by atoms with Crippen molar-refractivity contribution in [2.45, 2.75) is 0 Å². The summed E-state index contributed by atoms with van der Waals surface area (Å²) in [6.45, 7) is -0.189. The first kappa shape index (κ1) is 17.6. The van der Waals surface area contributed by atoms with Crippen molar-refractivity contribution in [2.24, 2.45) is 5.16 Å². The average molecular weight is 388 g/mol. The van der Waals surface area contributed by atoms with Gasteiger partial charge in [0.2, 0.25) is 6.61 Å². The van der Waals surface area contributed by atoms with Crippen LogP contribution < -0.4 is 4.74 Å². The maximum atomic E-state index is 10.3. The van der Waals surface area contributed by atoms with E-state index in [1.54, 1.807) is 0 Å². The number of hydrogen-bond donors (Lipinski definition) is 1. The molecule has 2 aromatic carbocycles. The number of oxime groups is 1. The molecular weight excluding hydrogens is 374 g/mol. The molecular formula is C18H14BrNO4. The molecule has 0 aliphatic carbocycles. The first-order chi connectivity index (χ1) is 11.6. The van der Waals surface area contributed by atoms with Gasteiger partial charge in [0.15, 0.2) is 0 Å². The molecule has 2 aromatic rings. The molecule has 0 radical (unpaired) electrons. The van der Waals surface area contributed by atoms with E-state index in [4.69, 9.17) is 9.84 Å². The van der Waals surface area contributed by atoms with Crippen LogP contribution in [0.5, 0.6) is 5.75 Å². The lowest BCUT2D eigenvalue weighted by Crippen LogP contribution is -2.03. The zero-order valence-electron chi connectivity index (χ0n) is 12.6. The van der Waals surface area contributed by atoms with Crippen LogP contribution in [0.4, 0.5) is 0 Å². The Bertz CT molecular complexity index is 776. The zero-order valence-corrected chi connectivity index (χ0v) is 14.2. The fraction of sp³-hybridized carbons (Fsp3) is 0.111. The highest BCUT2D eigenvalue weighted by Crippen LogP contribution is 2.15. The van der Waals surface area contributed by atoms with Crippen LogP contribution in [-0.4, -0.2) is 30.5 Å². The molecule has 0 unspecified atom stereocenters. The van der Waals surface area contributed by atoms with Crippen molar-refractivity contribution in [3.8, 4) is 17.6 Å². The minimum atomic E-state index is -1.07. The fourth-order valence-corrected chi connectivity index (χ4v) is 1.94. The Kier molecular flexibility index (Phi) is 6.87. The average Bonchev–Trinajstić information content (AvgIpc) is 2.57. The van der Waals surface area contributed by atoms with Crippen LogP contribution in [0, 0.1) is 11.8 Å². The van der Waals surface area contributed by atoms with Crippen molar-refractivity contribution in [2.75, 3.05) is 13.2 Å². The molecule has 0 spiro atoms. The lowest BCUT2D eigenvalue weighted by Gasteiger charge is -2.01. The van der Waals surface area contributed by atoms with E-state index in [2.05, 4.69) is 37.8 Å². The summed E-state index contributed by atoms with van der Waals surface area (Å²) in [4.78, 5) is 14.9. The summed E-state index contributed by atoms with van der Waals surface area (Å²) in [5.41, 5.74) is 1.57. The van der Waals surface area contributed by atoms with Gasteiger partial charge in [-0.3, -0.25) is 0 Å². The number of carboxylic acid groups (broad SMARTS) is 1. The van der Waals surface area contributed by atoms with E-state index in [-0.39, 0.29) is 6.61 Å². The van der Waals surface area contributed by atoms with Crippen LogP contribution >= 0.6 is 15.9 Å². The fourth-order valence-electron chi connectivity index (χ4n) is 1.68. The molecule has 0 aromatic heterocycles. The number of carbonyl (C=O) groups is 1. The molecule has 0 fully saturated rings. The largest absolute Gasteiger partial charge is 0.481 e. The zero-order chi connectivity index (χ0) is 17.2. The van der Waals surface area contributed by atoms with Crippen molar-refractivity contribution in [3.05, 3.63) is 64.1 Å². The van der Waals surface area contributed by atoms with Gasteiger partial charge in [0.1, 0.15) is 12.4 Å². The van der Waals surface area contributed by atoms with Crippen LogP contribution in [0.1, 0.15) is 11.1 Å². The number of hydrogen-bond acceptors (Lipinski definition) is 4. The normalized spacial score (nSPS) is 10.0. The lowest BCUT2D eigenvalue weighted by atomic mass is 10.1. The highest BCUT2D eigenvalue weighted by atomic mass is 79.9.